The first-order chi connectivity index (χ1) is 8.36. The highest BCUT2D eigenvalue weighted by atomic mass is 14.9. The fourth-order valence-corrected chi connectivity index (χ4v) is 2.96. The van der Waals surface area contributed by atoms with Gasteiger partial charge in [0, 0.05) is 24.5 Å². The molecular weight excluding hydrogens is 210 g/mol. The van der Waals surface area contributed by atoms with E-state index in [1.165, 1.54) is 12.0 Å². The average molecular weight is 225 g/mol. The summed E-state index contributed by atoms with van der Waals surface area (Å²) in [5, 5.41) is 12.6. The van der Waals surface area contributed by atoms with Gasteiger partial charge < -0.3 is 5.32 Å². The van der Waals surface area contributed by atoms with Crippen molar-refractivity contribution >= 4 is 5.57 Å². The van der Waals surface area contributed by atoms with E-state index in [1.807, 2.05) is 6.20 Å². The Balaban J connectivity index is 1.99. The maximum atomic E-state index is 9.13. The average Bonchev–Trinajstić information content (AvgIpc) is 2.38. The fourth-order valence-electron chi connectivity index (χ4n) is 2.96. The van der Waals surface area contributed by atoms with Crippen molar-refractivity contribution in [2.75, 3.05) is 13.1 Å². The fraction of sp³-hybridized carbons (Fsp3) is 0.429. The minimum Gasteiger partial charge on any atom is -0.316 e. The van der Waals surface area contributed by atoms with Crippen LogP contribution in [0.4, 0.5) is 0 Å². The van der Waals surface area contributed by atoms with Gasteiger partial charge in [0.05, 0.1) is 11.6 Å². The van der Waals surface area contributed by atoms with Gasteiger partial charge in [-0.3, -0.25) is 4.98 Å². The standard InChI is InChI=1S/C14H15N3/c15-6-12-1-2-16-9-14(12)13-4-10-3-11(5-13)8-17-7-10/h1-2,4,9-11,17H,3,5,7-8H2/t10-,11+/m1/s1. The zero-order valence-corrected chi connectivity index (χ0v) is 9.69. The number of hydrogen-bond donors (Lipinski definition) is 1. The number of fused-ring (bicyclic) bond motifs is 2. The van der Waals surface area contributed by atoms with E-state index in [2.05, 4.69) is 22.4 Å². The molecule has 2 atom stereocenters. The highest BCUT2D eigenvalue weighted by Crippen LogP contribution is 2.36. The summed E-state index contributed by atoms with van der Waals surface area (Å²) in [6.07, 6.45) is 8.22. The molecule has 1 N–H and O–H groups in total. The van der Waals surface area contributed by atoms with Crippen LogP contribution in [-0.2, 0) is 0 Å². The molecule has 0 aromatic carbocycles. The van der Waals surface area contributed by atoms with E-state index in [-0.39, 0.29) is 0 Å². The summed E-state index contributed by atoms with van der Waals surface area (Å²) in [6, 6.07) is 4.07. The molecule has 3 nitrogen and oxygen atoms in total. The third kappa shape index (κ3) is 1.96. The van der Waals surface area contributed by atoms with Crippen molar-refractivity contribution in [3.63, 3.8) is 0 Å². The molecule has 2 bridgehead atoms. The van der Waals surface area contributed by atoms with Crippen molar-refractivity contribution in [2.24, 2.45) is 11.8 Å². The Hall–Kier alpha value is -1.66. The molecule has 17 heavy (non-hydrogen) atoms. The lowest BCUT2D eigenvalue weighted by molar-refractivity contribution is 0.316. The van der Waals surface area contributed by atoms with Crippen LogP contribution < -0.4 is 5.32 Å². The van der Waals surface area contributed by atoms with E-state index in [4.69, 9.17) is 5.26 Å². The maximum Gasteiger partial charge on any atom is 0.0999 e. The number of nitriles is 1. The van der Waals surface area contributed by atoms with Crippen LogP contribution in [0.2, 0.25) is 0 Å². The smallest absolute Gasteiger partial charge is 0.0999 e. The first-order valence-corrected chi connectivity index (χ1v) is 6.12. The number of piperidine rings is 1. The highest BCUT2D eigenvalue weighted by Gasteiger charge is 2.27. The minimum atomic E-state index is 0.629. The van der Waals surface area contributed by atoms with E-state index in [1.54, 1.807) is 12.3 Å². The minimum absolute atomic E-state index is 0.629. The zero-order valence-electron chi connectivity index (χ0n) is 9.69. The molecule has 2 aliphatic rings. The summed E-state index contributed by atoms with van der Waals surface area (Å²) in [5.74, 6) is 1.35. The van der Waals surface area contributed by atoms with Gasteiger partial charge in [0.2, 0.25) is 0 Å². The molecule has 3 heteroatoms. The molecule has 0 saturated carbocycles. The highest BCUT2D eigenvalue weighted by molar-refractivity contribution is 5.71. The molecule has 1 saturated heterocycles. The van der Waals surface area contributed by atoms with Crippen molar-refractivity contribution in [3.05, 3.63) is 35.7 Å². The van der Waals surface area contributed by atoms with E-state index >= 15 is 0 Å². The third-order valence-electron chi connectivity index (χ3n) is 3.71. The van der Waals surface area contributed by atoms with Gasteiger partial charge >= 0.3 is 0 Å². The normalized spacial score (nSPS) is 27.1. The summed E-state index contributed by atoms with van der Waals surface area (Å²) in [6.45, 7) is 2.18. The molecule has 0 radical (unpaired) electrons. The van der Waals surface area contributed by atoms with Gasteiger partial charge in [0.15, 0.2) is 0 Å². The predicted molar refractivity (Wildman–Crippen MR) is 66.0 cm³/mol. The van der Waals surface area contributed by atoms with Crippen molar-refractivity contribution < 1.29 is 0 Å². The maximum absolute atomic E-state index is 9.13. The largest absolute Gasteiger partial charge is 0.316 e. The Kier molecular flexibility index (Phi) is 2.66. The Morgan fingerprint density at radius 1 is 1.41 bits per heavy atom. The Labute approximate surface area is 101 Å². The quantitative estimate of drug-likeness (QED) is 0.795. The molecule has 1 aliphatic carbocycles. The van der Waals surface area contributed by atoms with Crippen LogP contribution in [0.25, 0.3) is 5.57 Å². The second kappa shape index (κ2) is 4.31. The Bertz CT molecular complexity index is 498. The Morgan fingerprint density at radius 2 is 2.35 bits per heavy atom. The summed E-state index contributed by atoms with van der Waals surface area (Å²) in [4.78, 5) is 4.15. The van der Waals surface area contributed by atoms with E-state index < -0.39 is 0 Å². The van der Waals surface area contributed by atoms with Crippen LogP contribution in [-0.4, -0.2) is 18.1 Å². The lowest BCUT2D eigenvalue weighted by Gasteiger charge is -2.34. The van der Waals surface area contributed by atoms with Gasteiger partial charge in [-0.2, -0.15) is 5.26 Å². The first-order valence-electron chi connectivity index (χ1n) is 6.12. The second-order valence-electron chi connectivity index (χ2n) is 4.95. The molecule has 86 valence electrons. The summed E-state index contributed by atoms with van der Waals surface area (Å²) >= 11 is 0. The summed E-state index contributed by atoms with van der Waals surface area (Å²) in [7, 11) is 0. The van der Waals surface area contributed by atoms with Crippen LogP contribution >= 0.6 is 0 Å². The Morgan fingerprint density at radius 3 is 3.18 bits per heavy atom. The second-order valence-corrected chi connectivity index (χ2v) is 4.95. The van der Waals surface area contributed by atoms with E-state index in [0.717, 1.165) is 36.6 Å². The molecule has 1 aromatic heterocycles. The summed E-state index contributed by atoms with van der Waals surface area (Å²) < 4.78 is 0. The number of aromatic nitrogens is 1. The van der Waals surface area contributed by atoms with Crippen molar-refractivity contribution in [3.8, 4) is 6.07 Å². The van der Waals surface area contributed by atoms with Crippen molar-refractivity contribution in [2.45, 2.75) is 12.8 Å². The summed E-state index contributed by atoms with van der Waals surface area (Å²) in [5.41, 5.74) is 3.10. The van der Waals surface area contributed by atoms with Crippen LogP contribution in [0.1, 0.15) is 24.0 Å². The number of pyridine rings is 1. The molecule has 3 rings (SSSR count). The topological polar surface area (TPSA) is 48.7 Å². The number of rotatable bonds is 1. The van der Waals surface area contributed by atoms with Gasteiger partial charge in [-0.1, -0.05) is 6.08 Å². The predicted octanol–water partition coefficient (Wildman–Crippen LogP) is 1.97. The van der Waals surface area contributed by atoms with Gasteiger partial charge in [0.25, 0.3) is 0 Å². The lowest BCUT2D eigenvalue weighted by Crippen LogP contribution is -2.37. The monoisotopic (exact) mass is 225 g/mol. The first kappa shape index (κ1) is 10.5. The van der Waals surface area contributed by atoms with Gasteiger partial charge in [0.1, 0.15) is 0 Å². The van der Waals surface area contributed by atoms with Gasteiger partial charge in [-0.05, 0) is 42.9 Å². The third-order valence-corrected chi connectivity index (χ3v) is 3.71. The number of nitrogens with one attached hydrogen (secondary N) is 1. The van der Waals surface area contributed by atoms with E-state index in [0.29, 0.717) is 5.92 Å². The number of hydrogen-bond acceptors (Lipinski definition) is 3. The molecule has 0 spiro atoms. The molecule has 0 unspecified atom stereocenters. The molecule has 1 aromatic rings. The van der Waals surface area contributed by atoms with Gasteiger partial charge in [-0.15, -0.1) is 0 Å². The molecule has 1 fully saturated rings. The van der Waals surface area contributed by atoms with Crippen LogP contribution in [0.3, 0.4) is 0 Å². The molecule has 0 amide bonds. The number of nitrogens with zero attached hydrogens (tertiary/aromatic N) is 2. The molecule has 1 aliphatic heterocycles. The van der Waals surface area contributed by atoms with E-state index in [9.17, 15) is 0 Å². The lowest BCUT2D eigenvalue weighted by atomic mass is 9.77. The molecule has 2 heterocycles. The SMILES string of the molecule is N#Cc1ccncc1C1=C[C@@H]2CNC[C@H](C1)C2. The van der Waals surface area contributed by atoms with Crippen LogP contribution in [0.15, 0.2) is 24.5 Å². The zero-order chi connectivity index (χ0) is 11.7. The van der Waals surface area contributed by atoms with Crippen LogP contribution in [0.5, 0.6) is 0 Å². The molecular formula is C14H15N3. The van der Waals surface area contributed by atoms with Gasteiger partial charge in [-0.25, -0.2) is 0 Å². The van der Waals surface area contributed by atoms with Crippen molar-refractivity contribution in [1.82, 2.24) is 10.3 Å². The van der Waals surface area contributed by atoms with Crippen molar-refractivity contribution in [1.29, 1.82) is 5.26 Å². The van der Waals surface area contributed by atoms with Crippen LogP contribution in [0, 0.1) is 23.2 Å². The number of allylic oxidation sites excluding steroid dienone is 1.